The van der Waals surface area contributed by atoms with Crippen molar-refractivity contribution in [3.05, 3.63) is 71.1 Å². The van der Waals surface area contributed by atoms with Crippen LogP contribution in [0, 0.1) is 0 Å². The van der Waals surface area contributed by atoms with Gasteiger partial charge < -0.3 is 9.80 Å². The third-order valence-electron chi connectivity index (χ3n) is 6.27. The molecule has 0 N–H and O–H groups in total. The van der Waals surface area contributed by atoms with Crippen LogP contribution >= 0.6 is 11.6 Å². The van der Waals surface area contributed by atoms with Gasteiger partial charge in [0.05, 0.1) is 12.2 Å². The van der Waals surface area contributed by atoms with E-state index < -0.39 is 0 Å². The first-order chi connectivity index (χ1) is 16.7. The Labute approximate surface area is 217 Å². The molecular weight excluding hydrogens is 458 g/mol. The number of Topliss-reactive ketones (excluding diaryl/α,β-unsaturated/α-hetero) is 1. The molecule has 0 radical (unpaired) electrons. The molecule has 1 aromatic rings. The summed E-state index contributed by atoms with van der Waals surface area (Å²) < 4.78 is 0. The number of hydrogen-bond donors (Lipinski definition) is 0. The maximum atomic E-state index is 12.5. The summed E-state index contributed by atoms with van der Waals surface area (Å²) in [6.45, 7) is 13.7. The number of hydrogen-bond acceptors (Lipinski definition) is 4. The number of likely N-dealkylation sites (N-methyl/N-ethyl adjacent to an activating group) is 1. The van der Waals surface area contributed by atoms with E-state index in [4.69, 9.17) is 11.6 Å². The molecule has 2 fully saturated rings. The van der Waals surface area contributed by atoms with Gasteiger partial charge in [-0.15, -0.1) is 0 Å². The maximum absolute atomic E-state index is 12.5. The standard InChI is InChI=1S/C20H31N3O2.C9H11Cl/c1-6-8-19(17(4)24)23-15(2)13-22(14-16(23)3)20(25)9-7-12-21(5)18-10-11-18;1-2-5-8-6-3-4-7-9(8)10/h7-9,16,18H,2,6,10-14H2,1,3-5H3;3-4,6-7H,2,5H2,1H3/b9-7+,19-8-;. The number of allylic oxidation sites excluding steroid dienone is 2. The molecule has 3 rings (SSSR count). The molecule has 1 amide bonds. The molecule has 6 heteroatoms. The predicted octanol–water partition coefficient (Wildman–Crippen LogP) is 5.86. The van der Waals surface area contributed by atoms with E-state index in [-0.39, 0.29) is 17.7 Å². The van der Waals surface area contributed by atoms with Gasteiger partial charge in [0.15, 0.2) is 5.78 Å². The zero-order chi connectivity index (χ0) is 26.0. The Bertz CT molecular complexity index is 936. The number of nitrogens with zero attached hydrogens (tertiary/aromatic N) is 3. The minimum atomic E-state index is 0.0145. The topological polar surface area (TPSA) is 43.9 Å². The Hall–Kier alpha value is -2.37. The van der Waals surface area contributed by atoms with Crippen LogP contribution in [0.25, 0.3) is 0 Å². The van der Waals surface area contributed by atoms with Gasteiger partial charge in [-0.3, -0.25) is 14.5 Å². The molecule has 1 aromatic carbocycles. The van der Waals surface area contributed by atoms with Crippen molar-refractivity contribution in [2.75, 3.05) is 26.7 Å². The molecule has 2 aliphatic rings. The second kappa shape index (κ2) is 14.3. The zero-order valence-corrected chi connectivity index (χ0v) is 22.9. The van der Waals surface area contributed by atoms with E-state index in [2.05, 4.69) is 31.5 Å². The van der Waals surface area contributed by atoms with E-state index in [9.17, 15) is 9.59 Å². The number of carbonyl (C=O) groups excluding carboxylic acids is 2. The first-order valence-corrected chi connectivity index (χ1v) is 13.1. The first kappa shape index (κ1) is 28.9. The molecule has 0 spiro atoms. The van der Waals surface area contributed by atoms with Crippen molar-refractivity contribution in [1.29, 1.82) is 0 Å². The molecule has 1 saturated heterocycles. The van der Waals surface area contributed by atoms with Crippen molar-refractivity contribution in [3.63, 3.8) is 0 Å². The van der Waals surface area contributed by atoms with E-state index >= 15 is 0 Å². The van der Waals surface area contributed by atoms with Crippen molar-refractivity contribution >= 4 is 23.3 Å². The highest BCUT2D eigenvalue weighted by atomic mass is 35.5. The minimum absolute atomic E-state index is 0.0145. The molecule has 1 atom stereocenters. The van der Waals surface area contributed by atoms with Crippen molar-refractivity contribution < 1.29 is 9.59 Å². The smallest absolute Gasteiger partial charge is 0.246 e. The lowest BCUT2D eigenvalue weighted by molar-refractivity contribution is -0.127. The van der Waals surface area contributed by atoms with Crippen molar-refractivity contribution in [2.24, 2.45) is 0 Å². The van der Waals surface area contributed by atoms with Crippen LogP contribution in [-0.4, -0.2) is 65.2 Å². The lowest BCUT2D eigenvalue weighted by Gasteiger charge is -2.43. The quantitative estimate of drug-likeness (QED) is 0.399. The highest BCUT2D eigenvalue weighted by Gasteiger charge is 2.31. The summed E-state index contributed by atoms with van der Waals surface area (Å²) in [6, 6.07) is 8.73. The fraction of sp³-hybridized carbons (Fsp3) is 0.517. The van der Waals surface area contributed by atoms with Crippen LogP contribution < -0.4 is 0 Å². The lowest BCUT2D eigenvalue weighted by atomic mass is 10.1. The zero-order valence-electron chi connectivity index (χ0n) is 22.1. The van der Waals surface area contributed by atoms with Crippen LogP contribution in [-0.2, 0) is 16.0 Å². The van der Waals surface area contributed by atoms with E-state index in [1.807, 2.05) is 49.1 Å². The number of carbonyl (C=O) groups is 2. The second-order valence-corrected chi connectivity index (χ2v) is 9.88. The van der Waals surface area contributed by atoms with Gasteiger partial charge in [-0.2, -0.15) is 0 Å². The highest BCUT2D eigenvalue weighted by Crippen LogP contribution is 2.26. The summed E-state index contributed by atoms with van der Waals surface area (Å²) in [5.41, 5.74) is 2.74. The van der Waals surface area contributed by atoms with Crippen LogP contribution in [0.4, 0.5) is 0 Å². The number of halogens is 1. The summed E-state index contributed by atoms with van der Waals surface area (Å²) in [5.74, 6) is 0.0540. The van der Waals surface area contributed by atoms with Crippen LogP contribution in [0.15, 0.2) is 60.5 Å². The Morgan fingerprint density at radius 3 is 2.46 bits per heavy atom. The SMILES string of the molecule is C=C1CN(C(=O)/C=C/CN(C)C2CC2)CC(C)N1/C(=C\CC)C(C)=O.CCCc1ccccc1Cl. The minimum Gasteiger partial charge on any atom is -0.337 e. The first-order valence-electron chi connectivity index (χ1n) is 12.8. The normalized spacial score (nSPS) is 18.7. The van der Waals surface area contributed by atoms with Crippen LogP contribution in [0.2, 0.25) is 5.02 Å². The molecule has 1 aliphatic carbocycles. The Balaban J connectivity index is 0.000000360. The molecule has 192 valence electrons. The van der Waals surface area contributed by atoms with E-state index in [0.717, 1.165) is 36.5 Å². The molecule has 5 nitrogen and oxygen atoms in total. The summed E-state index contributed by atoms with van der Waals surface area (Å²) in [6.07, 6.45) is 11.1. The number of piperazine rings is 1. The van der Waals surface area contributed by atoms with Gasteiger partial charge in [-0.25, -0.2) is 0 Å². The molecule has 1 heterocycles. The van der Waals surface area contributed by atoms with Gasteiger partial charge in [-0.1, -0.05) is 68.8 Å². The monoisotopic (exact) mass is 499 g/mol. The lowest BCUT2D eigenvalue weighted by Crippen LogP contribution is -2.51. The summed E-state index contributed by atoms with van der Waals surface area (Å²) in [5, 5.41) is 0.893. The fourth-order valence-electron chi connectivity index (χ4n) is 4.31. The average molecular weight is 500 g/mol. The Kier molecular flexibility index (Phi) is 11.8. The van der Waals surface area contributed by atoms with Crippen molar-refractivity contribution in [2.45, 2.75) is 71.9 Å². The summed E-state index contributed by atoms with van der Waals surface area (Å²) in [7, 11) is 2.10. The number of rotatable bonds is 9. The van der Waals surface area contributed by atoms with Crippen molar-refractivity contribution in [1.82, 2.24) is 14.7 Å². The van der Waals surface area contributed by atoms with Crippen LogP contribution in [0.3, 0.4) is 0 Å². The van der Waals surface area contributed by atoms with Gasteiger partial charge >= 0.3 is 0 Å². The van der Waals surface area contributed by atoms with Gasteiger partial charge in [-0.05, 0) is 51.3 Å². The predicted molar refractivity (Wildman–Crippen MR) is 146 cm³/mol. The molecule has 1 saturated carbocycles. The maximum Gasteiger partial charge on any atom is 0.246 e. The Morgan fingerprint density at radius 1 is 1.23 bits per heavy atom. The molecule has 35 heavy (non-hydrogen) atoms. The molecular formula is C29H42ClN3O2. The van der Waals surface area contributed by atoms with Crippen LogP contribution in [0.5, 0.6) is 0 Å². The van der Waals surface area contributed by atoms with Gasteiger partial charge in [0.25, 0.3) is 0 Å². The fourth-order valence-corrected chi connectivity index (χ4v) is 4.54. The largest absolute Gasteiger partial charge is 0.337 e. The van der Waals surface area contributed by atoms with E-state index in [1.165, 1.54) is 18.4 Å². The van der Waals surface area contributed by atoms with E-state index in [1.54, 1.807) is 17.9 Å². The second-order valence-electron chi connectivity index (χ2n) is 9.47. The molecule has 0 bridgehead atoms. The van der Waals surface area contributed by atoms with Gasteiger partial charge in [0.1, 0.15) is 0 Å². The number of ketones is 1. The summed E-state index contributed by atoms with van der Waals surface area (Å²) >= 11 is 5.90. The van der Waals surface area contributed by atoms with E-state index in [0.29, 0.717) is 24.8 Å². The number of benzene rings is 1. The Morgan fingerprint density at radius 2 is 1.91 bits per heavy atom. The average Bonchev–Trinajstić information content (AvgIpc) is 3.65. The molecule has 1 unspecified atom stereocenters. The third-order valence-corrected chi connectivity index (χ3v) is 6.64. The molecule has 1 aliphatic heterocycles. The number of aryl methyl sites for hydroxylation is 1. The van der Waals surface area contributed by atoms with Gasteiger partial charge in [0.2, 0.25) is 5.91 Å². The highest BCUT2D eigenvalue weighted by molar-refractivity contribution is 6.31. The third kappa shape index (κ3) is 8.97. The summed E-state index contributed by atoms with van der Waals surface area (Å²) in [4.78, 5) is 30.5. The number of amides is 1. The van der Waals surface area contributed by atoms with Crippen LogP contribution in [0.1, 0.15) is 58.9 Å². The van der Waals surface area contributed by atoms with Crippen molar-refractivity contribution in [3.8, 4) is 0 Å². The molecule has 0 aromatic heterocycles. The van der Waals surface area contributed by atoms with Gasteiger partial charge in [0, 0.05) is 48.9 Å².